The molecule has 0 amide bonds. The van der Waals surface area contributed by atoms with E-state index in [0.29, 0.717) is 25.1 Å². The molecule has 0 radical (unpaired) electrons. The average molecular weight is 223 g/mol. The molecule has 1 aliphatic heterocycles. The monoisotopic (exact) mass is 223 g/mol. The highest BCUT2D eigenvalue weighted by molar-refractivity contribution is 5.70. The molecule has 0 aliphatic carbocycles. The van der Waals surface area contributed by atoms with Crippen molar-refractivity contribution >= 4 is 5.97 Å². The van der Waals surface area contributed by atoms with Gasteiger partial charge in [0.05, 0.1) is 5.92 Å². The van der Waals surface area contributed by atoms with E-state index in [9.17, 15) is 9.18 Å². The zero-order chi connectivity index (χ0) is 11.5. The van der Waals surface area contributed by atoms with E-state index in [2.05, 4.69) is 5.32 Å². The van der Waals surface area contributed by atoms with Crippen molar-refractivity contribution in [1.29, 1.82) is 0 Å². The molecule has 1 aromatic carbocycles. The molecule has 1 aliphatic rings. The second-order valence-corrected chi connectivity index (χ2v) is 4.15. The van der Waals surface area contributed by atoms with Crippen LogP contribution in [0.25, 0.3) is 0 Å². The zero-order valence-corrected chi connectivity index (χ0v) is 8.82. The van der Waals surface area contributed by atoms with Crippen LogP contribution >= 0.6 is 0 Å². The van der Waals surface area contributed by atoms with Gasteiger partial charge in [0, 0.05) is 19.0 Å². The molecule has 1 fully saturated rings. The van der Waals surface area contributed by atoms with Gasteiger partial charge < -0.3 is 10.4 Å². The fraction of sp³-hybridized carbons (Fsp3) is 0.417. The summed E-state index contributed by atoms with van der Waals surface area (Å²) in [6, 6.07) is 6.57. The van der Waals surface area contributed by atoms with Crippen LogP contribution in [0.3, 0.4) is 0 Å². The van der Waals surface area contributed by atoms with Crippen molar-refractivity contribution in [2.45, 2.75) is 12.3 Å². The summed E-state index contributed by atoms with van der Waals surface area (Å²) in [6.45, 7) is 1.12. The Kier molecular flexibility index (Phi) is 3.19. The van der Waals surface area contributed by atoms with Crippen LogP contribution in [0.4, 0.5) is 4.39 Å². The lowest BCUT2D eigenvalue weighted by molar-refractivity contribution is -0.142. The topological polar surface area (TPSA) is 49.3 Å². The maximum Gasteiger partial charge on any atom is 0.307 e. The van der Waals surface area contributed by atoms with Gasteiger partial charge in [-0.2, -0.15) is 0 Å². The van der Waals surface area contributed by atoms with E-state index in [1.54, 1.807) is 18.2 Å². The Bertz CT molecular complexity index is 394. The SMILES string of the molecule is O=C(O)[C@H]1CNC[C@@H](c2ccccc2F)C1. The van der Waals surface area contributed by atoms with E-state index in [-0.39, 0.29) is 11.7 Å². The van der Waals surface area contributed by atoms with Crippen LogP contribution in [0, 0.1) is 11.7 Å². The largest absolute Gasteiger partial charge is 0.481 e. The second-order valence-electron chi connectivity index (χ2n) is 4.15. The molecule has 0 bridgehead atoms. The normalized spacial score (nSPS) is 25.3. The van der Waals surface area contributed by atoms with Gasteiger partial charge in [-0.1, -0.05) is 18.2 Å². The van der Waals surface area contributed by atoms with Crippen molar-refractivity contribution in [2.75, 3.05) is 13.1 Å². The number of aliphatic carboxylic acids is 1. The molecule has 2 atom stereocenters. The maximum atomic E-state index is 13.5. The number of carboxylic acid groups (broad SMARTS) is 1. The lowest BCUT2D eigenvalue weighted by Crippen LogP contribution is -2.38. The molecule has 2 N–H and O–H groups in total. The van der Waals surface area contributed by atoms with Crippen LogP contribution < -0.4 is 5.32 Å². The molecule has 1 heterocycles. The molecule has 86 valence electrons. The number of benzene rings is 1. The van der Waals surface area contributed by atoms with Crippen molar-refractivity contribution in [3.05, 3.63) is 35.6 Å². The summed E-state index contributed by atoms with van der Waals surface area (Å²) in [5, 5.41) is 12.0. The number of carboxylic acids is 1. The summed E-state index contributed by atoms with van der Waals surface area (Å²) in [4.78, 5) is 10.9. The lowest BCUT2D eigenvalue weighted by Gasteiger charge is -2.28. The molecule has 2 rings (SSSR count). The number of halogens is 1. The van der Waals surface area contributed by atoms with E-state index in [4.69, 9.17) is 5.11 Å². The molecular formula is C12H14FNO2. The summed E-state index contributed by atoms with van der Waals surface area (Å²) in [6.07, 6.45) is 0.503. The Morgan fingerprint density at radius 2 is 2.12 bits per heavy atom. The van der Waals surface area contributed by atoms with Gasteiger partial charge in [0.15, 0.2) is 0 Å². The van der Waals surface area contributed by atoms with Gasteiger partial charge in [-0.3, -0.25) is 4.79 Å². The number of rotatable bonds is 2. The summed E-state index contributed by atoms with van der Waals surface area (Å²) in [7, 11) is 0. The van der Waals surface area contributed by atoms with E-state index in [1.165, 1.54) is 6.07 Å². The molecular weight excluding hydrogens is 209 g/mol. The first kappa shape index (κ1) is 11.1. The number of hydrogen-bond acceptors (Lipinski definition) is 2. The van der Waals surface area contributed by atoms with Crippen LogP contribution in [0.1, 0.15) is 17.9 Å². The summed E-state index contributed by atoms with van der Waals surface area (Å²) in [5.41, 5.74) is 0.612. The van der Waals surface area contributed by atoms with Gasteiger partial charge in [0.1, 0.15) is 5.82 Å². The number of piperidine rings is 1. The first-order valence-corrected chi connectivity index (χ1v) is 5.36. The molecule has 1 saturated heterocycles. The van der Waals surface area contributed by atoms with E-state index < -0.39 is 11.9 Å². The molecule has 3 nitrogen and oxygen atoms in total. The molecule has 4 heteroatoms. The standard InChI is InChI=1S/C12H14FNO2/c13-11-4-2-1-3-10(11)8-5-9(12(15)16)7-14-6-8/h1-4,8-9,14H,5-7H2,(H,15,16)/t8-,9+/m0/s1. The quantitative estimate of drug-likeness (QED) is 0.800. The first-order chi connectivity index (χ1) is 7.68. The Balaban J connectivity index is 2.16. The number of nitrogens with one attached hydrogen (secondary N) is 1. The third kappa shape index (κ3) is 2.22. The Morgan fingerprint density at radius 3 is 2.81 bits per heavy atom. The molecule has 0 unspecified atom stereocenters. The van der Waals surface area contributed by atoms with Gasteiger partial charge in [-0.05, 0) is 18.1 Å². The highest BCUT2D eigenvalue weighted by Gasteiger charge is 2.28. The van der Waals surface area contributed by atoms with Gasteiger partial charge >= 0.3 is 5.97 Å². The van der Waals surface area contributed by atoms with Crippen LogP contribution in [0.2, 0.25) is 0 Å². The molecule has 16 heavy (non-hydrogen) atoms. The first-order valence-electron chi connectivity index (χ1n) is 5.36. The fourth-order valence-electron chi connectivity index (χ4n) is 2.17. The fourth-order valence-corrected chi connectivity index (χ4v) is 2.17. The minimum atomic E-state index is -0.812. The lowest BCUT2D eigenvalue weighted by atomic mass is 9.85. The van der Waals surface area contributed by atoms with Gasteiger partial charge in [-0.25, -0.2) is 4.39 Å². The number of hydrogen-bond donors (Lipinski definition) is 2. The minimum absolute atomic E-state index is 0.0453. The van der Waals surface area contributed by atoms with Crippen LogP contribution in [0.5, 0.6) is 0 Å². The van der Waals surface area contributed by atoms with Gasteiger partial charge in [0.2, 0.25) is 0 Å². The Morgan fingerprint density at radius 1 is 1.38 bits per heavy atom. The van der Waals surface area contributed by atoms with Gasteiger partial charge in [-0.15, -0.1) is 0 Å². The van der Waals surface area contributed by atoms with Crippen LogP contribution in [-0.4, -0.2) is 24.2 Å². The summed E-state index contributed by atoms with van der Waals surface area (Å²) < 4.78 is 13.5. The Hall–Kier alpha value is -1.42. The van der Waals surface area contributed by atoms with Crippen molar-refractivity contribution in [3.63, 3.8) is 0 Å². The predicted molar refractivity (Wildman–Crippen MR) is 57.8 cm³/mol. The van der Waals surface area contributed by atoms with Crippen molar-refractivity contribution in [2.24, 2.45) is 5.92 Å². The van der Waals surface area contributed by atoms with Crippen molar-refractivity contribution in [1.82, 2.24) is 5.32 Å². The van der Waals surface area contributed by atoms with E-state index in [0.717, 1.165) is 0 Å². The zero-order valence-electron chi connectivity index (χ0n) is 8.82. The second kappa shape index (κ2) is 4.61. The highest BCUT2D eigenvalue weighted by atomic mass is 19.1. The summed E-state index contributed by atoms with van der Waals surface area (Å²) in [5.74, 6) is -1.52. The van der Waals surface area contributed by atoms with Crippen molar-refractivity contribution in [3.8, 4) is 0 Å². The average Bonchev–Trinajstić information content (AvgIpc) is 2.30. The summed E-state index contributed by atoms with van der Waals surface area (Å²) >= 11 is 0. The highest BCUT2D eigenvalue weighted by Crippen LogP contribution is 2.28. The van der Waals surface area contributed by atoms with Crippen LogP contribution in [0.15, 0.2) is 24.3 Å². The van der Waals surface area contributed by atoms with E-state index in [1.807, 2.05) is 0 Å². The Labute approximate surface area is 93.3 Å². The molecule has 0 saturated carbocycles. The third-order valence-electron chi connectivity index (χ3n) is 3.04. The number of carbonyl (C=O) groups is 1. The molecule has 1 aromatic rings. The van der Waals surface area contributed by atoms with Gasteiger partial charge in [0.25, 0.3) is 0 Å². The third-order valence-corrected chi connectivity index (χ3v) is 3.04. The van der Waals surface area contributed by atoms with Crippen LogP contribution in [-0.2, 0) is 4.79 Å². The smallest absolute Gasteiger partial charge is 0.307 e. The predicted octanol–water partition coefficient (Wildman–Crippen LogP) is 1.60. The van der Waals surface area contributed by atoms with Crippen molar-refractivity contribution < 1.29 is 14.3 Å². The minimum Gasteiger partial charge on any atom is -0.481 e. The van der Waals surface area contributed by atoms with E-state index >= 15 is 0 Å². The molecule has 0 spiro atoms. The maximum absolute atomic E-state index is 13.5. The molecule has 0 aromatic heterocycles.